The van der Waals surface area contributed by atoms with Gasteiger partial charge in [0.05, 0.1) is 21.1 Å². The molecule has 0 aliphatic heterocycles. The first-order valence-electron chi connectivity index (χ1n) is 21.9. The molecule has 1 N–H and O–H groups in total. The summed E-state index contributed by atoms with van der Waals surface area (Å²) >= 11 is 0. The van der Waals surface area contributed by atoms with Gasteiger partial charge in [0, 0.05) is 12.8 Å². The molecule has 7 nitrogen and oxygen atoms in total. The molecule has 0 aromatic carbocycles. The number of ether oxygens (including phenoxy) is 2. The first kappa shape index (κ1) is 50.8. The van der Waals surface area contributed by atoms with Crippen LogP contribution in [0.15, 0.2) is 0 Å². The normalized spacial score (nSPS) is 13.1. The summed E-state index contributed by atoms with van der Waals surface area (Å²) in [5.41, 5.74) is 0. The second kappa shape index (κ2) is 38.1. The van der Waals surface area contributed by atoms with E-state index >= 15 is 0 Å². The van der Waals surface area contributed by atoms with E-state index in [9.17, 15) is 9.46 Å². The van der Waals surface area contributed by atoms with Crippen LogP contribution >= 0.6 is 7.82 Å². The number of nitrogens with zero attached hydrogens (tertiary/aromatic N) is 1. The van der Waals surface area contributed by atoms with Gasteiger partial charge in [-0.3, -0.25) is 9.05 Å². The first-order valence-corrected chi connectivity index (χ1v) is 23.3. The number of likely N-dealkylation sites (N-methyl/N-ethyl adjacent to an activating group) is 1. The van der Waals surface area contributed by atoms with Crippen molar-refractivity contribution in [1.29, 1.82) is 0 Å². The SMILES string of the molecule is CCCCCCCCCCCCCCCCC#COC[C@H](COP(=O)(O)OCC[N+](C)(C)C)OC#CCCCCCCCCCCCCCCCC. The van der Waals surface area contributed by atoms with Crippen LogP contribution in [0.25, 0.3) is 0 Å². The van der Waals surface area contributed by atoms with Crippen molar-refractivity contribution in [3.63, 3.8) is 0 Å². The van der Waals surface area contributed by atoms with E-state index < -0.39 is 13.9 Å². The monoisotopic (exact) mass is 755 g/mol. The molecule has 52 heavy (non-hydrogen) atoms. The number of unbranched alkanes of at least 4 members (excludes halogenated alkanes) is 28. The lowest BCUT2D eigenvalue weighted by atomic mass is 10.0. The van der Waals surface area contributed by atoms with Gasteiger partial charge in [-0.2, -0.15) is 0 Å². The van der Waals surface area contributed by atoms with Gasteiger partial charge < -0.3 is 18.9 Å². The van der Waals surface area contributed by atoms with Gasteiger partial charge >= 0.3 is 7.82 Å². The van der Waals surface area contributed by atoms with Crippen molar-refractivity contribution in [2.24, 2.45) is 0 Å². The molecule has 0 bridgehead atoms. The zero-order valence-corrected chi connectivity index (χ0v) is 35.9. The van der Waals surface area contributed by atoms with E-state index in [4.69, 9.17) is 18.5 Å². The Bertz CT molecular complexity index is 931. The Hall–Kier alpha value is -1.21. The van der Waals surface area contributed by atoms with Crippen molar-refractivity contribution in [3.8, 4) is 24.1 Å². The van der Waals surface area contributed by atoms with Gasteiger partial charge in [-0.05, 0) is 12.8 Å². The predicted molar refractivity (Wildman–Crippen MR) is 221 cm³/mol. The van der Waals surface area contributed by atoms with Gasteiger partial charge in [0.2, 0.25) is 0 Å². The van der Waals surface area contributed by atoms with Gasteiger partial charge in [0.15, 0.2) is 6.10 Å². The smallest absolute Gasteiger partial charge is 0.443 e. The second-order valence-electron chi connectivity index (χ2n) is 15.9. The molecule has 0 heterocycles. The maximum absolute atomic E-state index is 12.4. The molecule has 306 valence electrons. The van der Waals surface area contributed by atoms with Crippen LogP contribution in [0.3, 0.4) is 0 Å². The van der Waals surface area contributed by atoms with Crippen LogP contribution in [-0.4, -0.2) is 63.0 Å². The highest BCUT2D eigenvalue weighted by Gasteiger charge is 2.25. The van der Waals surface area contributed by atoms with Gasteiger partial charge in [0.25, 0.3) is 0 Å². The zero-order valence-electron chi connectivity index (χ0n) is 35.0. The van der Waals surface area contributed by atoms with Crippen LogP contribution in [0.1, 0.15) is 206 Å². The quantitative estimate of drug-likeness (QED) is 0.0293. The molecule has 0 aromatic heterocycles. The van der Waals surface area contributed by atoms with Crippen LogP contribution < -0.4 is 0 Å². The fourth-order valence-corrected chi connectivity index (χ4v) is 6.73. The molecule has 0 aliphatic carbocycles. The third kappa shape index (κ3) is 41.5. The summed E-state index contributed by atoms with van der Waals surface area (Å²) in [5.74, 6) is 6.17. The minimum Gasteiger partial charge on any atom is -0.443 e. The summed E-state index contributed by atoms with van der Waals surface area (Å²) in [7, 11) is 1.76. The van der Waals surface area contributed by atoms with Crippen LogP contribution in [-0.2, 0) is 23.1 Å². The van der Waals surface area contributed by atoms with Crippen LogP contribution in [0.2, 0.25) is 0 Å². The summed E-state index contributed by atoms with van der Waals surface area (Å²) in [4.78, 5) is 10.2. The van der Waals surface area contributed by atoms with E-state index in [1.54, 1.807) is 0 Å². The minimum atomic E-state index is -4.22. The number of hydrogen-bond acceptors (Lipinski definition) is 5. The molecule has 0 amide bonds. The highest BCUT2D eigenvalue weighted by Crippen LogP contribution is 2.43. The summed E-state index contributed by atoms with van der Waals surface area (Å²) in [6.07, 6.45) is 43.7. The minimum absolute atomic E-state index is 0.0954. The largest absolute Gasteiger partial charge is 0.472 e. The molecule has 1 unspecified atom stereocenters. The number of rotatable bonds is 38. The van der Waals surface area contributed by atoms with E-state index in [-0.39, 0.29) is 19.8 Å². The number of phosphoric acid groups is 1. The average Bonchev–Trinajstić information content (AvgIpc) is 3.10. The summed E-state index contributed by atoms with van der Waals surface area (Å²) in [5, 5.41) is 0. The van der Waals surface area contributed by atoms with Crippen LogP contribution in [0.4, 0.5) is 0 Å². The standard InChI is InChI=1S/C44H84NO6P/c1-6-8-10-12-14-16-18-20-22-24-26-28-30-32-34-36-39-48-42-44(43-51-52(46,47)50-41-38-45(3,4)5)49-40-37-35-33-31-29-27-25-23-21-19-17-15-13-11-9-7-2/h44H,6-35,38,41-43H2,1-5H3/p+1/t44-/m1/s1. The van der Waals surface area contributed by atoms with Gasteiger partial charge in [-0.15, -0.1) is 0 Å². The van der Waals surface area contributed by atoms with Gasteiger partial charge in [-0.25, -0.2) is 4.57 Å². The van der Waals surface area contributed by atoms with Crippen LogP contribution in [0.5, 0.6) is 0 Å². The maximum Gasteiger partial charge on any atom is 0.472 e. The van der Waals surface area contributed by atoms with E-state index in [0.717, 1.165) is 25.7 Å². The summed E-state index contributed by atoms with van der Waals surface area (Å²) in [6, 6.07) is 0. The predicted octanol–water partition coefficient (Wildman–Crippen LogP) is 12.9. The first-order chi connectivity index (χ1) is 25.2. The Kier molecular flexibility index (Phi) is 37.2. The molecular formula is C44H85NO6P+. The van der Waals surface area contributed by atoms with Crippen molar-refractivity contribution in [2.45, 2.75) is 213 Å². The molecule has 0 spiro atoms. The molecule has 8 heteroatoms. The molecule has 0 fully saturated rings. The highest BCUT2D eigenvalue weighted by atomic mass is 31.2. The molecule has 0 radical (unpaired) electrons. The summed E-state index contributed by atoms with van der Waals surface area (Å²) in [6.45, 7) is 5.17. The zero-order chi connectivity index (χ0) is 38.3. The summed E-state index contributed by atoms with van der Waals surface area (Å²) < 4.78 is 34.6. The van der Waals surface area contributed by atoms with E-state index in [1.807, 2.05) is 21.1 Å². The number of phosphoric ester groups is 1. The fraction of sp³-hybridized carbons (Fsp3) is 0.909. The van der Waals surface area contributed by atoms with E-state index in [0.29, 0.717) is 11.0 Å². The lowest BCUT2D eigenvalue weighted by molar-refractivity contribution is -0.870. The van der Waals surface area contributed by atoms with Crippen molar-refractivity contribution in [2.75, 3.05) is 47.5 Å². The highest BCUT2D eigenvalue weighted by molar-refractivity contribution is 7.47. The Balaban J connectivity index is 4.23. The maximum atomic E-state index is 12.4. The third-order valence-electron chi connectivity index (χ3n) is 9.46. The molecular weight excluding hydrogens is 669 g/mol. The lowest BCUT2D eigenvalue weighted by Crippen LogP contribution is -2.37. The van der Waals surface area contributed by atoms with Crippen molar-refractivity contribution in [1.82, 2.24) is 0 Å². The fourth-order valence-electron chi connectivity index (χ4n) is 5.99. The Morgan fingerprint density at radius 2 is 0.885 bits per heavy atom. The van der Waals surface area contributed by atoms with E-state index in [2.05, 4.69) is 37.9 Å². The molecule has 0 aliphatic rings. The van der Waals surface area contributed by atoms with Crippen molar-refractivity contribution >= 4 is 7.82 Å². The number of hydrogen-bond donors (Lipinski definition) is 1. The van der Waals surface area contributed by atoms with Crippen LogP contribution in [0, 0.1) is 24.1 Å². The number of quaternary nitrogens is 1. The molecule has 0 saturated heterocycles. The van der Waals surface area contributed by atoms with Crippen molar-refractivity contribution in [3.05, 3.63) is 0 Å². The Morgan fingerprint density at radius 3 is 1.27 bits per heavy atom. The van der Waals surface area contributed by atoms with E-state index in [1.165, 1.54) is 167 Å². The molecule has 0 aromatic rings. The Morgan fingerprint density at radius 1 is 0.519 bits per heavy atom. The third-order valence-corrected chi connectivity index (χ3v) is 10.4. The molecule has 0 rings (SSSR count). The molecule has 0 saturated carbocycles. The Labute approximate surface area is 323 Å². The second-order valence-corrected chi connectivity index (χ2v) is 17.4. The van der Waals surface area contributed by atoms with Gasteiger partial charge in [0.1, 0.15) is 38.6 Å². The topological polar surface area (TPSA) is 74.2 Å². The lowest BCUT2D eigenvalue weighted by Gasteiger charge is -2.24. The van der Waals surface area contributed by atoms with Crippen molar-refractivity contribution < 1.29 is 32.5 Å². The average molecular weight is 755 g/mol. The molecule has 2 atom stereocenters. The van der Waals surface area contributed by atoms with Gasteiger partial charge in [-0.1, -0.05) is 193 Å².